The van der Waals surface area contributed by atoms with Crippen molar-refractivity contribution in [2.24, 2.45) is 16.7 Å². The summed E-state index contributed by atoms with van der Waals surface area (Å²) in [6.07, 6.45) is 3.71. The molecule has 1 heterocycles. The maximum Gasteiger partial charge on any atom is 0.139 e. The number of Topliss-reactive ketones (excluding diaryl/α,β-unsaturated/α-hetero) is 1. The van der Waals surface area contributed by atoms with Gasteiger partial charge in [0.1, 0.15) is 5.78 Å². The summed E-state index contributed by atoms with van der Waals surface area (Å²) in [5.74, 6) is 0.540. The van der Waals surface area contributed by atoms with Gasteiger partial charge in [0.15, 0.2) is 0 Å². The van der Waals surface area contributed by atoms with Gasteiger partial charge in [0.2, 0.25) is 0 Å². The van der Waals surface area contributed by atoms with Crippen molar-refractivity contribution in [1.29, 1.82) is 0 Å². The number of fused-ring (bicyclic) bond motifs is 3. The zero-order valence-corrected chi connectivity index (χ0v) is 14.3. The molecule has 0 aromatic rings. The summed E-state index contributed by atoms with van der Waals surface area (Å²) in [7, 11) is 0. The number of ketones is 1. The average molecular weight is 310 g/mol. The summed E-state index contributed by atoms with van der Waals surface area (Å²) < 4.78 is 6.24. The number of carbonyl (C=O) groups excluding carboxylic acids is 1. The molecule has 0 aromatic carbocycles. The fourth-order valence-corrected chi connectivity index (χ4v) is 5.37. The number of rotatable bonds is 1. The van der Waals surface area contributed by atoms with Crippen molar-refractivity contribution in [2.45, 2.75) is 90.1 Å². The third-order valence-electron chi connectivity index (χ3n) is 6.94. The minimum Gasteiger partial charge on any atom is -0.392 e. The lowest BCUT2D eigenvalue weighted by Gasteiger charge is -2.61. The Balaban J connectivity index is 1.93. The molecular weight excluding hydrogens is 280 g/mol. The molecule has 126 valence electrons. The first-order chi connectivity index (χ1) is 10.1. The van der Waals surface area contributed by atoms with E-state index in [0.717, 1.165) is 25.7 Å². The molecule has 0 spiro atoms. The van der Waals surface area contributed by atoms with Gasteiger partial charge < -0.3 is 14.9 Å². The van der Waals surface area contributed by atoms with Gasteiger partial charge in [0, 0.05) is 23.7 Å². The summed E-state index contributed by atoms with van der Waals surface area (Å²) >= 11 is 0. The largest absolute Gasteiger partial charge is 0.392 e. The highest BCUT2D eigenvalue weighted by Crippen LogP contribution is 2.60. The molecule has 2 N–H and O–H groups in total. The van der Waals surface area contributed by atoms with E-state index >= 15 is 0 Å². The Morgan fingerprint density at radius 2 is 1.95 bits per heavy atom. The maximum absolute atomic E-state index is 12.5. The van der Waals surface area contributed by atoms with Crippen LogP contribution < -0.4 is 0 Å². The molecule has 6 atom stereocenters. The molecule has 0 amide bonds. The van der Waals surface area contributed by atoms with Crippen LogP contribution in [0.4, 0.5) is 0 Å². The van der Waals surface area contributed by atoms with Gasteiger partial charge >= 0.3 is 0 Å². The van der Waals surface area contributed by atoms with Gasteiger partial charge in [-0.25, -0.2) is 0 Å². The molecule has 4 nitrogen and oxygen atoms in total. The Bertz CT molecular complexity index is 468. The van der Waals surface area contributed by atoms with Crippen molar-refractivity contribution in [3.8, 4) is 0 Å². The molecule has 1 aliphatic heterocycles. The van der Waals surface area contributed by atoms with Crippen LogP contribution in [0.15, 0.2) is 0 Å². The number of hydrogen-bond acceptors (Lipinski definition) is 4. The van der Waals surface area contributed by atoms with Crippen molar-refractivity contribution in [3.63, 3.8) is 0 Å². The Labute approximate surface area is 133 Å². The van der Waals surface area contributed by atoms with Crippen LogP contribution in [-0.2, 0) is 9.53 Å². The zero-order chi connectivity index (χ0) is 16.3. The number of aliphatic hydroxyl groups excluding tert-OH is 1. The molecule has 3 rings (SSSR count). The highest BCUT2D eigenvalue weighted by atomic mass is 16.5. The van der Waals surface area contributed by atoms with Gasteiger partial charge in [-0.2, -0.15) is 0 Å². The second-order valence-electron chi connectivity index (χ2n) is 8.71. The summed E-state index contributed by atoms with van der Waals surface area (Å²) in [5, 5.41) is 21.2. The Hall–Kier alpha value is -0.450. The van der Waals surface area contributed by atoms with Crippen molar-refractivity contribution in [2.75, 3.05) is 0 Å². The smallest absolute Gasteiger partial charge is 0.139 e. The number of hydrogen-bond donors (Lipinski definition) is 2. The third-order valence-corrected chi connectivity index (χ3v) is 6.94. The molecule has 0 unspecified atom stereocenters. The van der Waals surface area contributed by atoms with Crippen molar-refractivity contribution >= 4 is 5.78 Å². The van der Waals surface area contributed by atoms with E-state index in [9.17, 15) is 15.0 Å². The first kappa shape index (κ1) is 16.4. The maximum atomic E-state index is 12.5. The quantitative estimate of drug-likeness (QED) is 0.781. The second kappa shape index (κ2) is 5.02. The van der Waals surface area contributed by atoms with Gasteiger partial charge in [-0.1, -0.05) is 13.8 Å². The molecule has 3 aliphatic rings. The average Bonchev–Trinajstić information content (AvgIpc) is 2.41. The molecular formula is C18H30O4. The van der Waals surface area contributed by atoms with E-state index in [-0.39, 0.29) is 29.0 Å². The molecule has 2 saturated carbocycles. The van der Waals surface area contributed by atoms with Crippen LogP contribution in [0.25, 0.3) is 0 Å². The predicted molar refractivity (Wildman–Crippen MR) is 83.4 cm³/mol. The van der Waals surface area contributed by atoms with Crippen LogP contribution >= 0.6 is 0 Å². The lowest BCUT2D eigenvalue weighted by Crippen LogP contribution is -2.65. The van der Waals surface area contributed by atoms with Crippen LogP contribution in [-0.4, -0.2) is 39.9 Å². The molecule has 0 aromatic heterocycles. The minimum atomic E-state index is -0.953. The lowest BCUT2D eigenvalue weighted by molar-refractivity contribution is -0.265. The summed E-state index contributed by atoms with van der Waals surface area (Å²) in [6, 6.07) is 0. The van der Waals surface area contributed by atoms with Crippen molar-refractivity contribution < 1.29 is 19.7 Å². The van der Waals surface area contributed by atoms with Crippen LogP contribution in [0.1, 0.15) is 66.2 Å². The zero-order valence-electron chi connectivity index (χ0n) is 14.3. The van der Waals surface area contributed by atoms with E-state index in [4.69, 9.17) is 4.74 Å². The van der Waals surface area contributed by atoms with Gasteiger partial charge in [0.25, 0.3) is 0 Å². The first-order valence-electron chi connectivity index (χ1n) is 8.69. The minimum absolute atomic E-state index is 0.0725. The van der Waals surface area contributed by atoms with Gasteiger partial charge in [-0.15, -0.1) is 0 Å². The summed E-state index contributed by atoms with van der Waals surface area (Å²) in [6.45, 7) is 7.67. The fraction of sp³-hybridized carbons (Fsp3) is 0.944. The summed E-state index contributed by atoms with van der Waals surface area (Å²) in [5.41, 5.74) is -1.65. The van der Waals surface area contributed by atoms with Crippen LogP contribution in [0.5, 0.6) is 0 Å². The highest BCUT2D eigenvalue weighted by molar-refractivity contribution is 5.85. The molecule has 0 radical (unpaired) electrons. The van der Waals surface area contributed by atoms with E-state index in [1.807, 2.05) is 0 Å². The Kier molecular flexibility index (Phi) is 3.75. The SMILES string of the molecule is CC(C)(O)[C@@H]1C[C@@H](O)[C@]2(C)[C@H](CC[C@]3(C)C(=O)CCC[C@@H]23)O1. The predicted octanol–water partition coefficient (Wildman–Crippen LogP) is 2.45. The number of aliphatic hydroxyl groups is 2. The van der Waals surface area contributed by atoms with Gasteiger partial charge in [-0.05, 0) is 45.4 Å². The van der Waals surface area contributed by atoms with Crippen LogP contribution in [0.2, 0.25) is 0 Å². The third kappa shape index (κ3) is 2.18. The molecule has 1 saturated heterocycles. The monoisotopic (exact) mass is 310 g/mol. The first-order valence-corrected chi connectivity index (χ1v) is 8.69. The number of carbonyl (C=O) groups is 1. The molecule has 2 aliphatic carbocycles. The summed E-state index contributed by atoms with van der Waals surface area (Å²) in [4.78, 5) is 12.5. The van der Waals surface area contributed by atoms with Crippen LogP contribution in [0.3, 0.4) is 0 Å². The lowest BCUT2D eigenvalue weighted by atomic mass is 9.47. The van der Waals surface area contributed by atoms with Crippen molar-refractivity contribution in [3.05, 3.63) is 0 Å². The molecule has 3 fully saturated rings. The standard InChI is InChI=1S/C18H30O4/c1-16(2,21)15-10-13(20)18(4)11-6-5-7-12(19)17(11,3)9-8-14(18)22-15/h11,13-15,20-21H,5-10H2,1-4H3/t11-,13-,14+,15+,17+,18-/m1/s1. The van der Waals surface area contributed by atoms with Gasteiger partial charge in [0.05, 0.1) is 23.9 Å². The van der Waals surface area contributed by atoms with Crippen LogP contribution in [0, 0.1) is 16.7 Å². The highest BCUT2D eigenvalue weighted by Gasteiger charge is 2.63. The molecule has 4 heteroatoms. The topological polar surface area (TPSA) is 66.8 Å². The van der Waals surface area contributed by atoms with Gasteiger partial charge in [-0.3, -0.25) is 4.79 Å². The van der Waals surface area contributed by atoms with Crippen molar-refractivity contribution in [1.82, 2.24) is 0 Å². The van der Waals surface area contributed by atoms with E-state index in [0.29, 0.717) is 18.6 Å². The fourth-order valence-electron chi connectivity index (χ4n) is 5.37. The van der Waals surface area contributed by atoms with E-state index in [1.54, 1.807) is 13.8 Å². The van der Waals surface area contributed by atoms with E-state index < -0.39 is 11.7 Å². The Morgan fingerprint density at radius 3 is 2.59 bits per heavy atom. The molecule has 0 bridgehead atoms. The Morgan fingerprint density at radius 1 is 1.27 bits per heavy atom. The van der Waals surface area contributed by atoms with E-state index in [1.165, 1.54) is 0 Å². The van der Waals surface area contributed by atoms with E-state index in [2.05, 4.69) is 13.8 Å². The number of ether oxygens (including phenoxy) is 1. The molecule has 22 heavy (non-hydrogen) atoms. The normalized spacial score (nSPS) is 49.5. The second-order valence-corrected chi connectivity index (χ2v) is 8.71.